The topological polar surface area (TPSA) is 90.7 Å². The Hall–Kier alpha value is -4.30. The summed E-state index contributed by atoms with van der Waals surface area (Å²) in [6.07, 6.45) is 0.154. The Kier molecular flexibility index (Phi) is 9.00. The lowest BCUT2D eigenvalue weighted by Gasteiger charge is -2.18. The number of aromatic nitrogens is 1. The fraction of sp³-hybridized carbons (Fsp3) is 0.233. The number of hydrogen-bond donors (Lipinski definition) is 1. The highest BCUT2D eigenvalue weighted by atomic mass is 19.1. The molecule has 3 aromatic carbocycles. The summed E-state index contributed by atoms with van der Waals surface area (Å²) in [5.74, 6) is 0.799. The van der Waals surface area contributed by atoms with Crippen molar-refractivity contribution >= 4 is 11.7 Å². The Morgan fingerprint density at radius 3 is 2.18 bits per heavy atom. The molecule has 1 N–H and O–H groups in total. The molecule has 0 aliphatic carbocycles. The zero-order chi connectivity index (χ0) is 26.9. The van der Waals surface area contributed by atoms with Gasteiger partial charge in [-0.05, 0) is 61.4 Å². The number of ketones is 1. The van der Waals surface area contributed by atoms with E-state index in [2.05, 4.69) is 10.5 Å². The van der Waals surface area contributed by atoms with Gasteiger partial charge in [0.05, 0.1) is 25.3 Å². The quantitative estimate of drug-likeness (QED) is 0.276. The van der Waals surface area contributed by atoms with Crippen molar-refractivity contribution in [2.75, 3.05) is 6.61 Å². The van der Waals surface area contributed by atoms with E-state index in [9.17, 15) is 14.0 Å². The molecule has 4 rings (SSSR count). The van der Waals surface area contributed by atoms with Gasteiger partial charge in [-0.1, -0.05) is 47.6 Å². The largest absolute Gasteiger partial charge is 0.457 e. The second-order valence-electron chi connectivity index (χ2n) is 8.94. The molecule has 0 bridgehead atoms. The molecule has 7 nitrogen and oxygen atoms in total. The molecule has 1 heterocycles. The first kappa shape index (κ1) is 26.8. The van der Waals surface area contributed by atoms with Gasteiger partial charge in [0, 0.05) is 12.0 Å². The lowest BCUT2D eigenvalue weighted by Crippen LogP contribution is -2.45. The fourth-order valence-corrected chi connectivity index (χ4v) is 3.88. The van der Waals surface area contributed by atoms with Crippen LogP contribution in [-0.2, 0) is 33.8 Å². The zero-order valence-corrected chi connectivity index (χ0v) is 21.3. The third-order valence-corrected chi connectivity index (χ3v) is 5.99. The molecule has 8 heteroatoms. The number of carbonyl (C=O) groups is 2. The van der Waals surface area contributed by atoms with E-state index in [0.717, 1.165) is 11.1 Å². The van der Waals surface area contributed by atoms with E-state index in [4.69, 9.17) is 14.0 Å². The van der Waals surface area contributed by atoms with Crippen molar-refractivity contribution in [1.29, 1.82) is 0 Å². The Balaban J connectivity index is 1.39. The maximum atomic E-state index is 13.2. The average Bonchev–Trinajstić information content (AvgIpc) is 3.23. The van der Waals surface area contributed by atoms with E-state index < -0.39 is 6.04 Å². The highest BCUT2D eigenvalue weighted by Gasteiger charge is 2.23. The summed E-state index contributed by atoms with van der Waals surface area (Å²) in [4.78, 5) is 26.1. The van der Waals surface area contributed by atoms with Crippen LogP contribution in [0.4, 0.5) is 4.39 Å². The molecule has 4 aromatic rings. The Bertz CT molecular complexity index is 1330. The van der Waals surface area contributed by atoms with Gasteiger partial charge in [-0.2, -0.15) is 0 Å². The Morgan fingerprint density at radius 1 is 0.895 bits per heavy atom. The zero-order valence-electron chi connectivity index (χ0n) is 21.3. The van der Waals surface area contributed by atoms with Gasteiger partial charge in [-0.3, -0.25) is 9.59 Å². The number of aryl methyl sites for hydroxylation is 2. The minimum atomic E-state index is -0.832. The minimum Gasteiger partial charge on any atom is -0.457 e. The van der Waals surface area contributed by atoms with E-state index in [-0.39, 0.29) is 37.0 Å². The summed E-state index contributed by atoms with van der Waals surface area (Å²) < 4.78 is 29.8. The standard InChI is InChI=1S/C30H29FN2O5/c1-20-27(21(2)38-33-20)17-30(35)32-28(19-36-18-23-6-4-3-5-7-23)29(34)16-22-8-12-25(13-9-22)37-26-14-10-24(31)11-15-26/h3-15,28H,16-19H2,1-2H3,(H,32,35)/t28-/m0/s1. The lowest BCUT2D eigenvalue weighted by atomic mass is 10.0. The first-order valence-electron chi connectivity index (χ1n) is 12.2. The second kappa shape index (κ2) is 12.8. The maximum absolute atomic E-state index is 13.2. The predicted octanol–water partition coefficient (Wildman–Crippen LogP) is 5.28. The third-order valence-electron chi connectivity index (χ3n) is 5.99. The number of hydrogen-bond acceptors (Lipinski definition) is 6. The van der Waals surface area contributed by atoms with E-state index in [1.807, 2.05) is 30.3 Å². The van der Waals surface area contributed by atoms with Gasteiger partial charge < -0.3 is 19.3 Å². The monoisotopic (exact) mass is 516 g/mol. The van der Waals surface area contributed by atoms with Crippen molar-refractivity contribution in [3.05, 3.63) is 113 Å². The van der Waals surface area contributed by atoms with Crippen LogP contribution >= 0.6 is 0 Å². The summed E-state index contributed by atoms with van der Waals surface area (Å²) in [6.45, 7) is 3.87. The van der Waals surface area contributed by atoms with E-state index in [1.54, 1.807) is 38.1 Å². The number of ether oxygens (including phenoxy) is 2. The molecule has 0 saturated heterocycles. The first-order valence-corrected chi connectivity index (χ1v) is 12.2. The molecule has 0 unspecified atom stereocenters. The highest BCUT2D eigenvalue weighted by molar-refractivity contribution is 5.91. The molecule has 1 atom stereocenters. The molecular weight excluding hydrogens is 487 g/mol. The van der Waals surface area contributed by atoms with E-state index >= 15 is 0 Å². The number of halogens is 1. The van der Waals surface area contributed by atoms with Crippen molar-refractivity contribution in [3.8, 4) is 11.5 Å². The van der Waals surface area contributed by atoms with Crippen LogP contribution in [0.2, 0.25) is 0 Å². The van der Waals surface area contributed by atoms with Gasteiger partial charge in [0.2, 0.25) is 5.91 Å². The van der Waals surface area contributed by atoms with E-state index in [0.29, 0.717) is 35.1 Å². The molecule has 0 spiro atoms. The van der Waals surface area contributed by atoms with Gasteiger partial charge in [0.1, 0.15) is 29.1 Å². The van der Waals surface area contributed by atoms with Crippen molar-refractivity contribution in [2.24, 2.45) is 0 Å². The Morgan fingerprint density at radius 2 is 1.55 bits per heavy atom. The van der Waals surface area contributed by atoms with Crippen LogP contribution in [0.5, 0.6) is 11.5 Å². The smallest absolute Gasteiger partial charge is 0.225 e. The molecule has 0 aliphatic rings. The molecule has 0 aliphatic heterocycles. The van der Waals surface area contributed by atoms with Gasteiger partial charge >= 0.3 is 0 Å². The van der Waals surface area contributed by atoms with Gasteiger partial charge in [-0.15, -0.1) is 0 Å². The molecule has 0 radical (unpaired) electrons. The van der Waals surface area contributed by atoms with Crippen LogP contribution < -0.4 is 10.1 Å². The first-order chi connectivity index (χ1) is 18.4. The molecular formula is C30H29FN2O5. The number of nitrogens with zero attached hydrogens (tertiary/aromatic N) is 1. The molecule has 1 amide bonds. The number of Topliss-reactive ketones (excluding diaryl/α,β-unsaturated/α-hetero) is 1. The van der Waals surface area contributed by atoms with Gasteiger partial charge in [0.15, 0.2) is 5.78 Å². The number of benzene rings is 3. The van der Waals surface area contributed by atoms with E-state index in [1.165, 1.54) is 24.3 Å². The normalized spacial score (nSPS) is 11.7. The van der Waals surface area contributed by atoms with Crippen LogP contribution in [0.25, 0.3) is 0 Å². The number of amides is 1. The minimum absolute atomic E-state index is 0.0346. The SMILES string of the molecule is Cc1noc(C)c1CC(=O)N[C@@H](COCc1ccccc1)C(=O)Cc1ccc(Oc2ccc(F)cc2)cc1. The molecule has 0 saturated carbocycles. The Labute approximate surface area is 220 Å². The summed E-state index contributed by atoms with van der Waals surface area (Å²) in [7, 11) is 0. The fourth-order valence-electron chi connectivity index (χ4n) is 3.88. The number of carbonyl (C=O) groups excluding carboxylic acids is 2. The van der Waals surface area contributed by atoms with Crippen LogP contribution in [0.15, 0.2) is 83.4 Å². The molecule has 1 aromatic heterocycles. The predicted molar refractivity (Wildman–Crippen MR) is 139 cm³/mol. The van der Waals surface area contributed by atoms with Crippen LogP contribution in [0.3, 0.4) is 0 Å². The lowest BCUT2D eigenvalue weighted by molar-refractivity contribution is -0.128. The van der Waals surface area contributed by atoms with Crippen LogP contribution in [-0.4, -0.2) is 29.5 Å². The van der Waals surface area contributed by atoms with Gasteiger partial charge in [0.25, 0.3) is 0 Å². The summed E-state index contributed by atoms with van der Waals surface area (Å²) in [5, 5.41) is 6.71. The average molecular weight is 517 g/mol. The van der Waals surface area contributed by atoms with Crippen molar-refractivity contribution in [1.82, 2.24) is 10.5 Å². The van der Waals surface area contributed by atoms with Crippen LogP contribution in [0, 0.1) is 19.7 Å². The van der Waals surface area contributed by atoms with Crippen molar-refractivity contribution in [2.45, 2.75) is 39.3 Å². The third kappa shape index (κ3) is 7.60. The maximum Gasteiger partial charge on any atom is 0.225 e. The van der Waals surface area contributed by atoms with Gasteiger partial charge in [-0.25, -0.2) is 4.39 Å². The second-order valence-corrected chi connectivity index (χ2v) is 8.94. The summed E-state index contributed by atoms with van der Waals surface area (Å²) in [6, 6.07) is 21.5. The van der Waals surface area contributed by atoms with Crippen LogP contribution in [0.1, 0.15) is 28.1 Å². The number of nitrogens with one attached hydrogen (secondary N) is 1. The molecule has 38 heavy (non-hydrogen) atoms. The number of rotatable bonds is 12. The summed E-state index contributed by atoms with van der Waals surface area (Å²) >= 11 is 0. The summed E-state index contributed by atoms with van der Waals surface area (Å²) in [5.41, 5.74) is 3.08. The molecule has 196 valence electrons. The highest BCUT2D eigenvalue weighted by Crippen LogP contribution is 2.22. The van der Waals surface area contributed by atoms with Crippen molar-refractivity contribution < 1.29 is 28.0 Å². The molecule has 0 fully saturated rings. The van der Waals surface area contributed by atoms with Crippen molar-refractivity contribution in [3.63, 3.8) is 0 Å².